The molecular formula is C27H37F3N4O7S. The lowest BCUT2D eigenvalue weighted by Crippen LogP contribution is -2.43. The zero-order chi connectivity index (χ0) is 31.5. The molecule has 1 fully saturated rings. The maximum Gasteiger partial charge on any atom is 0.490 e. The molecule has 0 bridgehead atoms. The first kappa shape index (κ1) is 34.5. The van der Waals surface area contributed by atoms with Gasteiger partial charge in [0.1, 0.15) is 0 Å². The summed E-state index contributed by atoms with van der Waals surface area (Å²) < 4.78 is 71.7. The predicted octanol–water partition coefficient (Wildman–Crippen LogP) is 3.81. The number of methoxy groups -OCH3 is 2. The van der Waals surface area contributed by atoms with Gasteiger partial charge in [-0.2, -0.15) is 13.2 Å². The summed E-state index contributed by atoms with van der Waals surface area (Å²) in [6.45, 7) is 8.34. The molecule has 1 aliphatic rings. The molecule has 0 atom stereocenters. The first-order valence-electron chi connectivity index (χ1n) is 13.2. The minimum atomic E-state index is -5.08. The Labute approximate surface area is 243 Å². The molecule has 1 amide bonds. The lowest BCUT2D eigenvalue weighted by atomic mass is 10.1. The number of benzene rings is 2. The van der Waals surface area contributed by atoms with Crippen molar-refractivity contribution in [3.8, 4) is 11.5 Å². The number of amides is 1. The highest BCUT2D eigenvalue weighted by Gasteiger charge is 2.38. The third-order valence-electron chi connectivity index (χ3n) is 6.30. The van der Waals surface area contributed by atoms with Gasteiger partial charge in [-0.25, -0.2) is 13.2 Å². The number of hydrogen-bond donors (Lipinski definition) is 3. The second-order valence-corrected chi connectivity index (χ2v) is 10.8. The fourth-order valence-electron chi connectivity index (χ4n) is 4.05. The molecule has 3 rings (SSSR count). The van der Waals surface area contributed by atoms with Gasteiger partial charge in [0, 0.05) is 50.9 Å². The van der Waals surface area contributed by atoms with E-state index >= 15 is 0 Å². The standard InChI is InChI=1S/C25H36N4O5S.C2HF3O2/c1-5-7-14-28(6-2)25(30)19-8-10-22(29-15-12-26-13-16-29)21(17-19)27-35(31,32)20-9-11-23(33-3)24(18-20)34-4;3-2(4,5)1(6)7/h8-11,17-18,26-27H,5-7,12-16H2,1-4H3;(H,6,7). The number of carbonyl (C=O) groups is 2. The van der Waals surface area contributed by atoms with E-state index in [4.69, 9.17) is 19.4 Å². The molecule has 0 saturated carbocycles. The molecule has 234 valence electrons. The number of aliphatic carboxylic acids is 1. The second kappa shape index (κ2) is 15.5. The van der Waals surface area contributed by atoms with Gasteiger partial charge in [-0.3, -0.25) is 9.52 Å². The molecule has 15 heteroatoms. The van der Waals surface area contributed by atoms with Crippen molar-refractivity contribution >= 4 is 33.3 Å². The zero-order valence-corrected chi connectivity index (χ0v) is 24.8. The van der Waals surface area contributed by atoms with Gasteiger partial charge < -0.3 is 29.7 Å². The number of carboxylic acids is 1. The summed E-state index contributed by atoms with van der Waals surface area (Å²) in [7, 11) is -1.02. The van der Waals surface area contributed by atoms with E-state index < -0.39 is 22.2 Å². The van der Waals surface area contributed by atoms with Gasteiger partial charge in [-0.05, 0) is 43.7 Å². The molecule has 2 aromatic rings. The minimum Gasteiger partial charge on any atom is -0.493 e. The SMILES string of the molecule is CCCCN(CC)C(=O)c1ccc(N2CCNCC2)c(NS(=O)(=O)c2ccc(OC)c(OC)c2)c1.O=C(O)C(F)(F)F. The number of carbonyl (C=O) groups excluding carboxylic acids is 1. The number of hydrogen-bond acceptors (Lipinski definition) is 8. The van der Waals surface area contributed by atoms with E-state index in [-0.39, 0.29) is 10.8 Å². The predicted molar refractivity (Wildman–Crippen MR) is 152 cm³/mol. The van der Waals surface area contributed by atoms with Gasteiger partial charge >= 0.3 is 12.1 Å². The van der Waals surface area contributed by atoms with Crippen LogP contribution in [0.5, 0.6) is 11.5 Å². The van der Waals surface area contributed by atoms with Crippen LogP contribution >= 0.6 is 0 Å². The summed E-state index contributed by atoms with van der Waals surface area (Å²) in [5.41, 5.74) is 1.56. The number of anilines is 2. The molecule has 0 aromatic heterocycles. The number of halogens is 3. The fraction of sp³-hybridized carbons (Fsp3) is 0.481. The third kappa shape index (κ3) is 9.41. The minimum absolute atomic E-state index is 0.0382. The van der Waals surface area contributed by atoms with Crippen molar-refractivity contribution in [2.24, 2.45) is 0 Å². The van der Waals surface area contributed by atoms with E-state index in [0.717, 1.165) is 44.7 Å². The molecule has 0 unspecified atom stereocenters. The fourth-order valence-corrected chi connectivity index (χ4v) is 5.13. The van der Waals surface area contributed by atoms with Crippen molar-refractivity contribution in [1.29, 1.82) is 0 Å². The largest absolute Gasteiger partial charge is 0.493 e. The maximum atomic E-state index is 13.4. The highest BCUT2D eigenvalue weighted by atomic mass is 32.2. The number of ether oxygens (including phenoxy) is 2. The van der Waals surface area contributed by atoms with Crippen LogP contribution in [-0.2, 0) is 14.8 Å². The molecule has 0 radical (unpaired) electrons. The Morgan fingerprint density at radius 3 is 2.19 bits per heavy atom. The first-order valence-corrected chi connectivity index (χ1v) is 14.7. The van der Waals surface area contributed by atoms with Gasteiger partial charge in [-0.1, -0.05) is 13.3 Å². The van der Waals surface area contributed by atoms with Crippen LogP contribution in [0.2, 0.25) is 0 Å². The van der Waals surface area contributed by atoms with Gasteiger partial charge in [0.05, 0.1) is 30.5 Å². The zero-order valence-electron chi connectivity index (χ0n) is 24.0. The van der Waals surface area contributed by atoms with Gasteiger partial charge in [0.15, 0.2) is 11.5 Å². The van der Waals surface area contributed by atoms with Crippen LogP contribution in [0.4, 0.5) is 24.5 Å². The van der Waals surface area contributed by atoms with E-state index in [2.05, 4.69) is 21.9 Å². The lowest BCUT2D eigenvalue weighted by molar-refractivity contribution is -0.192. The van der Waals surface area contributed by atoms with Crippen LogP contribution < -0.4 is 24.4 Å². The van der Waals surface area contributed by atoms with Crippen LogP contribution in [0.1, 0.15) is 37.0 Å². The van der Waals surface area contributed by atoms with E-state index in [1.165, 1.54) is 26.4 Å². The second-order valence-electron chi connectivity index (χ2n) is 9.13. The Morgan fingerprint density at radius 1 is 1.05 bits per heavy atom. The number of rotatable bonds is 11. The van der Waals surface area contributed by atoms with Crippen LogP contribution in [0, 0.1) is 0 Å². The smallest absolute Gasteiger partial charge is 0.490 e. The average molecular weight is 619 g/mol. The molecule has 1 heterocycles. The highest BCUT2D eigenvalue weighted by molar-refractivity contribution is 7.92. The molecule has 0 spiro atoms. The molecule has 11 nitrogen and oxygen atoms in total. The molecular weight excluding hydrogens is 581 g/mol. The third-order valence-corrected chi connectivity index (χ3v) is 7.67. The van der Waals surface area contributed by atoms with E-state index in [1.807, 2.05) is 13.0 Å². The summed E-state index contributed by atoms with van der Waals surface area (Å²) in [5.74, 6) is -2.12. The van der Waals surface area contributed by atoms with Crippen LogP contribution in [-0.4, -0.2) is 90.0 Å². The summed E-state index contributed by atoms with van der Waals surface area (Å²) in [6, 6.07) is 9.70. The van der Waals surface area contributed by atoms with Crippen LogP contribution in [0.25, 0.3) is 0 Å². The first-order chi connectivity index (χ1) is 19.8. The van der Waals surface area contributed by atoms with Gasteiger partial charge in [0.2, 0.25) is 0 Å². The van der Waals surface area contributed by atoms with Crippen molar-refractivity contribution in [1.82, 2.24) is 10.2 Å². The Hall–Kier alpha value is -3.72. The Bertz CT molecular complexity index is 1320. The monoisotopic (exact) mass is 618 g/mol. The lowest BCUT2D eigenvalue weighted by Gasteiger charge is -2.31. The van der Waals surface area contributed by atoms with E-state index in [1.54, 1.807) is 23.1 Å². The Kier molecular flexibility index (Phi) is 12.7. The number of alkyl halides is 3. The van der Waals surface area contributed by atoms with Crippen LogP contribution in [0.3, 0.4) is 0 Å². The molecule has 0 aliphatic carbocycles. The van der Waals surface area contributed by atoms with Crippen molar-refractivity contribution in [3.63, 3.8) is 0 Å². The Morgan fingerprint density at radius 2 is 1.67 bits per heavy atom. The van der Waals surface area contributed by atoms with Crippen LogP contribution in [0.15, 0.2) is 41.3 Å². The van der Waals surface area contributed by atoms with E-state index in [0.29, 0.717) is 35.8 Å². The molecule has 3 N–H and O–H groups in total. The molecule has 1 saturated heterocycles. The maximum absolute atomic E-state index is 13.4. The molecule has 42 heavy (non-hydrogen) atoms. The summed E-state index contributed by atoms with van der Waals surface area (Å²) >= 11 is 0. The van der Waals surface area contributed by atoms with Crippen molar-refractivity contribution in [3.05, 3.63) is 42.0 Å². The summed E-state index contributed by atoms with van der Waals surface area (Å²) in [5, 5.41) is 10.4. The topological polar surface area (TPSA) is 138 Å². The summed E-state index contributed by atoms with van der Waals surface area (Å²) in [4.78, 5) is 26.0. The van der Waals surface area contributed by atoms with E-state index in [9.17, 15) is 26.4 Å². The quantitative estimate of drug-likeness (QED) is 0.343. The number of nitrogens with zero attached hydrogens (tertiary/aromatic N) is 2. The number of unbranched alkanes of at least 4 members (excludes halogenated alkanes) is 1. The normalized spacial score (nSPS) is 13.5. The summed E-state index contributed by atoms with van der Waals surface area (Å²) in [6.07, 6.45) is -3.18. The van der Waals surface area contributed by atoms with Crippen molar-refractivity contribution < 1.29 is 45.8 Å². The Balaban J connectivity index is 0.000000782. The number of piperazine rings is 1. The number of sulfonamides is 1. The average Bonchev–Trinajstić information content (AvgIpc) is 2.97. The molecule has 2 aromatic carbocycles. The number of nitrogens with one attached hydrogen (secondary N) is 2. The van der Waals surface area contributed by atoms with Crippen molar-refractivity contribution in [2.75, 3.05) is 63.1 Å². The van der Waals surface area contributed by atoms with Crippen molar-refractivity contribution in [2.45, 2.75) is 37.8 Å². The number of carboxylic acid groups (broad SMARTS) is 1. The van der Waals surface area contributed by atoms with Gasteiger partial charge in [0.25, 0.3) is 15.9 Å². The highest BCUT2D eigenvalue weighted by Crippen LogP contribution is 2.33. The van der Waals surface area contributed by atoms with Gasteiger partial charge in [-0.15, -0.1) is 0 Å². The molecule has 1 aliphatic heterocycles.